The Labute approximate surface area is 172 Å². The van der Waals surface area contributed by atoms with Gasteiger partial charge in [0.2, 0.25) is 0 Å². The molecule has 1 N–H and O–H groups in total. The highest BCUT2D eigenvalue weighted by Gasteiger charge is 2.60. The molecule has 1 saturated carbocycles. The van der Waals surface area contributed by atoms with Gasteiger partial charge in [-0.1, -0.05) is 58.0 Å². The average molecular weight is 388 g/mol. The fraction of sp³-hybridized carbons (Fsp3) is 0.462. The molecule has 3 nitrogen and oxygen atoms in total. The Bertz CT molecular complexity index is 1060. The summed E-state index contributed by atoms with van der Waals surface area (Å²) in [6, 6.07) is 12.5. The summed E-state index contributed by atoms with van der Waals surface area (Å²) in [5.41, 5.74) is 6.94. The summed E-state index contributed by atoms with van der Waals surface area (Å²) in [6.07, 6.45) is 6.91. The van der Waals surface area contributed by atoms with Gasteiger partial charge in [-0.15, -0.1) is 0 Å². The number of hydrogen-bond acceptors (Lipinski definition) is 2. The van der Waals surface area contributed by atoms with Gasteiger partial charge in [0.05, 0.1) is 5.69 Å². The van der Waals surface area contributed by atoms with Crippen molar-refractivity contribution in [1.82, 2.24) is 4.98 Å². The van der Waals surface area contributed by atoms with Crippen molar-refractivity contribution in [3.05, 3.63) is 70.6 Å². The van der Waals surface area contributed by atoms with E-state index >= 15 is 0 Å². The van der Waals surface area contributed by atoms with Gasteiger partial charge >= 0.3 is 5.97 Å². The zero-order chi connectivity index (χ0) is 20.6. The predicted octanol–water partition coefficient (Wildman–Crippen LogP) is 5.87. The van der Waals surface area contributed by atoms with E-state index in [-0.39, 0.29) is 21.9 Å². The van der Waals surface area contributed by atoms with E-state index in [1.807, 2.05) is 12.1 Å². The van der Waals surface area contributed by atoms with Crippen LogP contribution in [0.4, 0.5) is 0 Å². The van der Waals surface area contributed by atoms with E-state index in [1.165, 1.54) is 35.1 Å². The standard InChI is InChI=1S/C26H29NO2/c1-24(2)12-13-25(3,4)20-14-16(8-10-18(20)24)26-15-17(26)9-11-19(26)21-6-5-7-22(27-21)23(28)29/h5-8,10-11,14,17H,9,12-13,15H2,1-4H3,(H,28,29). The van der Waals surface area contributed by atoms with Crippen LogP contribution in [-0.4, -0.2) is 16.1 Å². The smallest absolute Gasteiger partial charge is 0.354 e. The van der Waals surface area contributed by atoms with Gasteiger partial charge < -0.3 is 5.11 Å². The molecular formula is C26H29NO2. The molecule has 1 fully saturated rings. The molecule has 0 bridgehead atoms. The molecule has 0 radical (unpaired) electrons. The maximum Gasteiger partial charge on any atom is 0.354 e. The predicted molar refractivity (Wildman–Crippen MR) is 115 cm³/mol. The lowest BCUT2D eigenvalue weighted by Crippen LogP contribution is -2.34. The Kier molecular flexibility index (Phi) is 3.73. The fourth-order valence-corrected chi connectivity index (χ4v) is 5.80. The number of rotatable bonds is 3. The summed E-state index contributed by atoms with van der Waals surface area (Å²) in [4.78, 5) is 15.9. The van der Waals surface area contributed by atoms with Crippen LogP contribution in [0.15, 0.2) is 42.5 Å². The minimum atomic E-state index is -0.968. The molecule has 2 unspecified atom stereocenters. The number of nitrogens with zero attached hydrogens (tertiary/aromatic N) is 1. The molecule has 29 heavy (non-hydrogen) atoms. The molecule has 2 atom stereocenters. The van der Waals surface area contributed by atoms with E-state index in [4.69, 9.17) is 0 Å². The second-order valence-electron chi connectivity index (χ2n) is 10.5. The summed E-state index contributed by atoms with van der Waals surface area (Å²) in [5.74, 6) is -0.352. The largest absolute Gasteiger partial charge is 0.477 e. The summed E-state index contributed by atoms with van der Waals surface area (Å²) in [6.45, 7) is 9.47. The normalized spacial score (nSPS) is 28.3. The van der Waals surface area contributed by atoms with Crippen molar-refractivity contribution in [2.45, 2.75) is 69.6 Å². The van der Waals surface area contributed by atoms with E-state index in [0.29, 0.717) is 5.92 Å². The van der Waals surface area contributed by atoms with E-state index in [0.717, 1.165) is 18.5 Å². The number of carboxylic acids is 1. The molecule has 3 heteroatoms. The molecule has 0 amide bonds. The minimum Gasteiger partial charge on any atom is -0.477 e. The van der Waals surface area contributed by atoms with Gasteiger partial charge in [-0.25, -0.2) is 9.78 Å². The molecule has 1 heterocycles. The van der Waals surface area contributed by atoms with E-state index < -0.39 is 5.97 Å². The van der Waals surface area contributed by atoms with Crippen molar-refractivity contribution in [3.63, 3.8) is 0 Å². The van der Waals surface area contributed by atoms with Gasteiger partial charge in [0.1, 0.15) is 5.69 Å². The Hall–Kier alpha value is -2.42. The number of benzene rings is 1. The van der Waals surface area contributed by atoms with Crippen molar-refractivity contribution in [2.24, 2.45) is 5.92 Å². The SMILES string of the molecule is CC1(C)CCC(C)(C)c2cc(C34CC3CC=C4c3cccc(C(=O)O)n3)ccc21. The zero-order valence-electron chi connectivity index (χ0n) is 17.7. The molecule has 150 valence electrons. The lowest BCUT2D eigenvalue weighted by atomic mass is 9.62. The second kappa shape index (κ2) is 5.81. The number of aromatic carboxylic acids is 1. The Morgan fingerprint density at radius 3 is 2.45 bits per heavy atom. The lowest BCUT2D eigenvalue weighted by Gasteiger charge is -2.42. The van der Waals surface area contributed by atoms with E-state index in [1.54, 1.807) is 6.07 Å². The molecule has 3 aliphatic carbocycles. The van der Waals surface area contributed by atoms with Gasteiger partial charge in [0, 0.05) is 5.41 Å². The summed E-state index contributed by atoms with van der Waals surface area (Å²) >= 11 is 0. The first-order valence-electron chi connectivity index (χ1n) is 10.7. The molecule has 2 aromatic rings. The molecule has 0 spiro atoms. The van der Waals surface area contributed by atoms with Crippen molar-refractivity contribution < 1.29 is 9.90 Å². The van der Waals surface area contributed by atoms with Crippen LogP contribution in [0.1, 0.15) is 86.3 Å². The van der Waals surface area contributed by atoms with Gasteiger partial charge in [-0.3, -0.25) is 0 Å². The van der Waals surface area contributed by atoms with Crippen LogP contribution in [0.25, 0.3) is 5.57 Å². The van der Waals surface area contributed by atoms with Crippen molar-refractivity contribution in [2.75, 3.05) is 0 Å². The van der Waals surface area contributed by atoms with Crippen LogP contribution >= 0.6 is 0 Å². The molecule has 1 aromatic heterocycles. The first-order chi connectivity index (χ1) is 13.6. The maximum absolute atomic E-state index is 11.4. The number of pyridine rings is 1. The van der Waals surface area contributed by atoms with Crippen molar-refractivity contribution >= 4 is 11.5 Å². The van der Waals surface area contributed by atoms with Gasteiger partial charge in [-0.2, -0.15) is 0 Å². The number of fused-ring (bicyclic) bond motifs is 2. The van der Waals surface area contributed by atoms with Crippen LogP contribution in [0.2, 0.25) is 0 Å². The number of hydrogen-bond donors (Lipinski definition) is 1. The van der Waals surface area contributed by atoms with Crippen LogP contribution in [0, 0.1) is 5.92 Å². The van der Waals surface area contributed by atoms with E-state index in [9.17, 15) is 9.90 Å². The highest BCUT2D eigenvalue weighted by molar-refractivity contribution is 5.87. The zero-order valence-corrected chi connectivity index (χ0v) is 17.7. The Morgan fingerprint density at radius 1 is 1.03 bits per heavy atom. The Balaban J connectivity index is 1.61. The van der Waals surface area contributed by atoms with Crippen LogP contribution in [0.3, 0.4) is 0 Å². The van der Waals surface area contributed by atoms with Gasteiger partial charge in [-0.05, 0) is 76.8 Å². The minimum absolute atomic E-state index is 0.0107. The molecule has 0 saturated heterocycles. The number of carbonyl (C=O) groups is 1. The van der Waals surface area contributed by atoms with Gasteiger partial charge in [0.15, 0.2) is 0 Å². The molecular weight excluding hydrogens is 358 g/mol. The second-order valence-corrected chi connectivity index (χ2v) is 10.5. The third kappa shape index (κ3) is 2.63. The Morgan fingerprint density at radius 2 is 1.76 bits per heavy atom. The highest BCUT2D eigenvalue weighted by atomic mass is 16.4. The third-order valence-corrected chi connectivity index (χ3v) is 7.80. The summed E-state index contributed by atoms with van der Waals surface area (Å²) in [7, 11) is 0. The first kappa shape index (κ1) is 18.6. The fourth-order valence-electron chi connectivity index (χ4n) is 5.80. The van der Waals surface area contributed by atoms with Crippen molar-refractivity contribution in [3.8, 4) is 0 Å². The lowest BCUT2D eigenvalue weighted by molar-refractivity contribution is 0.0690. The third-order valence-electron chi connectivity index (χ3n) is 7.80. The quantitative estimate of drug-likeness (QED) is 0.716. The highest BCUT2D eigenvalue weighted by Crippen LogP contribution is 2.67. The van der Waals surface area contributed by atoms with Crippen LogP contribution < -0.4 is 0 Å². The molecule has 5 rings (SSSR count). The van der Waals surface area contributed by atoms with Crippen LogP contribution in [-0.2, 0) is 16.2 Å². The number of aromatic nitrogens is 1. The summed E-state index contributed by atoms with van der Waals surface area (Å²) < 4.78 is 0. The topological polar surface area (TPSA) is 50.2 Å². The van der Waals surface area contributed by atoms with Gasteiger partial charge in [0.25, 0.3) is 0 Å². The number of allylic oxidation sites excluding steroid dienone is 2. The average Bonchev–Trinajstić information content (AvgIpc) is 3.30. The molecule has 0 aliphatic heterocycles. The maximum atomic E-state index is 11.4. The van der Waals surface area contributed by atoms with E-state index in [2.05, 4.69) is 57.0 Å². The molecule has 1 aromatic carbocycles. The first-order valence-corrected chi connectivity index (χ1v) is 10.7. The number of carboxylic acid groups (broad SMARTS) is 1. The summed E-state index contributed by atoms with van der Waals surface area (Å²) in [5, 5.41) is 9.37. The molecule has 3 aliphatic rings. The van der Waals surface area contributed by atoms with Crippen molar-refractivity contribution in [1.29, 1.82) is 0 Å². The monoisotopic (exact) mass is 387 g/mol. The van der Waals surface area contributed by atoms with Crippen LogP contribution in [0.5, 0.6) is 0 Å².